The molecule has 7 heteroatoms. The molecule has 0 heterocycles. The Morgan fingerprint density at radius 3 is 2.46 bits per heavy atom. The average molecular weight is 335 g/mol. The third-order valence-electron chi connectivity index (χ3n) is 3.16. The van der Waals surface area contributed by atoms with Crippen molar-refractivity contribution < 1.29 is 18.0 Å². The summed E-state index contributed by atoms with van der Waals surface area (Å²) in [5.74, 6) is -0.462. The number of amides is 1. The number of aryl methyl sites for hydroxylation is 1. The van der Waals surface area contributed by atoms with Gasteiger partial charge in [0.15, 0.2) is 0 Å². The number of benzene rings is 2. The zero-order valence-electron chi connectivity index (χ0n) is 12.9. The van der Waals surface area contributed by atoms with Crippen molar-refractivity contribution in [3.05, 3.63) is 65.2 Å². The van der Waals surface area contributed by atoms with E-state index in [1.807, 2.05) is 31.2 Å². The second kappa shape index (κ2) is 7.63. The minimum Gasteiger partial charge on any atom is -0.376 e. The van der Waals surface area contributed by atoms with E-state index in [1.54, 1.807) is 0 Å². The minimum absolute atomic E-state index is 0.0404. The van der Waals surface area contributed by atoms with Crippen molar-refractivity contribution in [3.63, 3.8) is 0 Å². The average Bonchev–Trinajstić information content (AvgIpc) is 2.54. The number of hydrazone groups is 1. The Kier molecular flexibility index (Phi) is 5.57. The Morgan fingerprint density at radius 1 is 1.12 bits per heavy atom. The molecule has 2 N–H and O–H groups in total. The number of hydrogen-bond donors (Lipinski definition) is 2. The predicted octanol–water partition coefficient (Wildman–Crippen LogP) is 3.58. The number of carbonyl (C=O) groups is 1. The Balaban J connectivity index is 1.90. The van der Waals surface area contributed by atoms with Crippen LogP contribution >= 0.6 is 0 Å². The Labute approximate surface area is 137 Å². The molecule has 0 atom stereocenters. The summed E-state index contributed by atoms with van der Waals surface area (Å²) < 4.78 is 38.4. The fourth-order valence-corrected chi connectivity index (χ4v) is 1.93. The van der Waals surface area contributed by atoms with Crippen LogP contribution in [0.15, 0.2) is 53.6 Å². The molecule has 4 nitrogen and oxygen atoms in total. The number of nitrogens with one attached hydrogen (secondary N) is 2. The number of rotatable bonds is 5. The second-order valence-corrected chi connectivity index (χ2v) is 5.10. The van der Waals surface area contributed by atoms with E-state index < -0.39 is 17.6 Å². The highest BCUT2D eigenvalue weighted by molar-refractivity contribution is 5.85. The van der Waals surface area contributed by atoms with Crippen molar-refractivity contribution in [1.82, 2.24) is 5.43 Å². The van der Waals surface area contributed by atoms with Gasteiger partial charge in [-0.3, -0.25) is 4.79 Å². The van der Waals surface area contributed by atoms with E-state index in [2.05, 4.69) is 15.8 Å². The largest absolute Gasteiger partial charge is 0.417 e. The number of halogens is 3. The molecular formula is C17H16F3N3O. The molecule has 0 fully saturated rings. The molecule has 0 aliphatic heterocycles. The molecule has 0 aliphatic carbocycles. The van der Waals surface area contributed by atoms with Gasteiger partial charge in [-0.1, -0.05) is 35.9 Å². The van der Waals surface area contributed by atoms with Crippen LogP contribution in [-0.2, 0) is 11.0 Å². The summed E-state index contributed by atoms with van der Waals surface area (Å²) in [5.41, 5.74) is 3.13. The monoisotopic (exact) mass is 335 g/mol. The molecule has 0 unspecified atom stereocenters. The molecular weight excluding hydrogens is 319 g/mol. The van der Waals surface area contributed by atoms with Crippen molar-refractivity contribution in [2.75, 3.05) is 11.9 Å². The Hall–Kier alpha value is -2.83. The van der Waals surface area contributed by atoms with Gasteiger partial charge in [0.2, 0.25) is 0 Å². The van der Waals surface area contributed by atoms with E-state index in [-0.39, 0.29) is 12.1 Å². The Morgan fingerprint density at radius 2 is 1.79 bits per heavy atom. The number of anilines is 1. The van der Waals surface area contributed by atoms with Gasteiger partial charge in [-0.25, -0.2) is 5.43 Å². The molecule has 0 radical (unpaired) electrons. The Bertz CT molecular complexity index is 725. The van der Waals surface area contributed by atoms with Crippen LogP contribution in [0, 0.1) is 6.92 Å². The van der Waals surface area contributed by atoms with Crippen LogP contribution in [0.3, 0.4) is 0 Å². The van der Waals surface area contributed by atoms with Gasteiger partial charge in [0.1, 0.15) is 0 Å². The van der Waals surface area contributed by atoms with E-state index >= 15 is 0 Å². The van der Waals surface area contributed by atoms with Gasteiger partial charge in [-0.05, 0) is 25.1 Å². The lowest BCUT2D eigenvalue weighted by Gasteiger charge is -2.09. The maximum atomic E-state index is 12.8. The first-order valence-electron chi connectivity index (χ1n) is 7.15. The first kappa shape index (κ1) is 17.5. The molecule has 126 valence electrons. The zero-order valence-corrected chi connectivity index (χ0v) is 12.9. The van der Waals surface area contributed by atoms with Gasteiger partial charge in [0.05, 0.1) is 18.3 Å². The summed E-state index contributed by atoms with van der Waals surface area (Å²) >= 11 is 0. The van der Waals surface area contributed by atoms with E-state index in [4.69, 9.17) is 0 Å². The molecule has 0 spiro atoms. The smallest absolute Gasteiger partial charge is 0.376 e. The van der Waals surface area contributed by atoms with Crippen LogP contribution < -0.4 is 10.7 Å². The van der Waals surface area contributed by atoms with Gasteiger partial charge in [0, 0.05) is 11.3 Å². The topological polar surface area (TPSA) is 53.5 Å². The van der Waals surface area contributed by atoms with Crippen LogP contribution in [0.4, 0.5) is 18.9 Å². The molecule has 2 aromatic carbocycles. The first-order chi connectivity index (χ1) is 11.4. The normalized spacial score (nSPS) is 11.5. The van der Waals surface area contributed by atoms with Crippen LogP contribution in [0.1, 0.15) is 16.7 Å². The molecule has 2 rings (SSSR count). The van der Waals surface area contributed by atoms with Gasteiger partial charge in [-0.2, -0.15) is 18.3 Å². The molecule has 0 aliphatic rings. The van der Waals surface area contributed by atoms with E-state index in [9.17, 15) is 18.0 Å². The molecule has 0 bridgehead atoms. The van der Waals surface area contributed by atoms with Crippen molar-refractivity contribution in [3.8, 4) is 0 Å². The SMILES string of the molecule is Cc1ccc(NCC(=O)N/N=C/c2ccccc2C(F)(F)F)cc1. The molecule has 1 amide bonds. The number of carbonyl (C=O) groups excluding carboxylic acids is 1. The summed E-state index contributed by atoms with van der Waals surface area (Å²) in [4.78, 5) is 11.6. The third kappa shape index (κ3) is 5.12. The van der Waals surface area contributed by atoms with Gasteiger partial charge in [0.25, 0.3) is 5.91 Å². The lowest BCUT2D eigenvalue weighted by Crippen LogP contribution is -2.26. The van der Waals surface area contributed by atoms with Crippen LogP contribution in [0.2, 0.25) is 0 Å². The highest BCUT2D eigenvalue weighted by Gasteiger charge is 2.32. The van der Waals surface area contributed by atoms with Crippen molar-refractivity contribution in [2.24, 2.45) is 5.10 Å². The maximum Gasteiger partial charge on any atom is 0.417 e. The van der Waals surface area contributed by atoms with Gasteiger partial charge < -0.3 is 5.32 Å². The van der Waals surface area contributed by atoms with Gasteiger partial charge >= 0.3 is 6.18 Å². The number of hydrogen-bond acceptors (Lipinski definition) is 3. The molecule has 0 aromatic heterocycles. The molecule has 0 saturated carbocycles. The van der Waals surface area contributed by atoms with Crippen LogP contribution in [0.5, 0.6) is 0 Å². The predicted molar refractivity (Wildman–Crippen MR) is 86.8 cm³/mol. The lowest BCUT2D eigenvalue weighted by molar-refractivity contribution is -0.137. The maximum absolute atomic E-state index is 12.8. The standard InChI is InChI=1S/C17H16F3N3O/c1-12-6-8-14(9-7-12)21-11-16(24)23-22-10-13-4-2-3-5-15(13)17(18,19)20/h2-10,21H,11H2,1H3,(H,23,24)/b22-10+. The second-order valence-electron chi connectivity index (χ2n) is 5.10. The number of alkyl halides is 3. The molecule has 0 saturated heterocycles. The summed E-state index contributed by atoms with van der Waals surface area (Å²) in [7, 11) is 0. The molecule has 24 heavy (non-hydrogen) atoms. The number of nitrogens with zero attached hydrogens (tertiary/aromatic N) is 1. The van der Waals surface area contributed by atoms with E-state index in [0.717, 1.165) is 23.5 Å². The fraction of sp³-hybridized carbons (Fsp3) is 0.176. The van der Waals surface area contributed by atoms with Crippen LogP contribution in [0.25, 0.3) is 0 Å². The highest BCUT2D eigenvalue weighted by atomic mass is 19.4. The zero-order chi connectivity index (χ0) is 17.6. The summed E-state index contributed by atoms with van der Waals surface area (Å²) in [5, 5.41) is 6.47. The quantitative estimate of drug-likeness (QED) is 0.648. The van der Waals surface area contributed by atoms with E-state index in [1.165, 1.54) is 18.2 Å². The van der Waals surface area contributed by atoms with Crippen LogP contribution in [-0.4, -0.2) is 18.7 Å². The van der Waals surface area contributed by atoms with Gasteiger partial charge in [-0.15, -0.1) is 0 Å². The van der Waals surface area contributed by atoms with Crippen molar-refractivity contribution >= 4 is 17.8 Å². The third-order valence-corrected chi connectivity index (χ3v) is 3.16. The van der Waals surface area contributed by atoms with E-state index in [0.29, 0.717) is 0 Å². The first-order valence-corrected chi connectivity index (χ1v) is 7.15. The van der Waals surface area contributed by atoms with Crippen molar-refractivity contribution in [2.45, 2.75) is 13.1 Å². The lowest BCUT2D eigenvalue weighted by atomic mass is 10.1. The van der Waals surface area contributed by atoms with Crippen molar-refractivity contribution in [1.29, 1.82) is 0 Å². The molecule has 2 aromatic rings. The summed E-state index contributed by atoms with van der Waals surface area (Å²) in [6, 6.07) is 12.4. The fourth-order valence-electron chi connectivity index (χ4n) is 1.93. The summed E-state index contributed by atoms with van der Waals surface area (Å²) in [6.45, 7) is 1.91. The minimum atomic E-state index is -4.47. The highest BCUT2D eigenvalue weighted by Crippen LogP contribution is 2.30. The summed E-state index contributed by atoms with van der Waals surface area (Å²) in [6.07, 6.45) is -3.49.